The summed E-state index contributed by atoms with van der Waals surface area (Å²) in [5.74, 6) is -1.06. The lowest BCUT2D eigenvalue weighted by Gasteiger charge is -2.42. The molecule has 2 rings (SSSR count). The van der Waals surface area contributed by atoms with Gasteiger partial charge in [-0.25, -0.2) is 0 Å². The van der Waals surface area contributed by atoms with Crippen LogP contribution in [-0.2, 0) is 9.53 Å². The van der Waals surface area contributed by atoms with Gasteiger partial charge in [-0.15, -0.1) is 0 Å². The van der Waals surface area contributed by atoms with Gasteiger partial charge in [-0.1, -0.05) is 30.3 Å². The van der Waals surface area contributed by atoms with Crippen LogP contribution in [0.1, 0.15) is 25.3 Å². The van der Waals surface area contributed by atoms with Crippen LogP contribution in [0.2, 0.25) is 0 Å². The summed E-state index contributed by atoms with van der Waals surface area (Å²) in [5.41, 5.74) is 0.160. The maximum Gasteiger partial charge on any atom is 0.244 e. The largest absolute Gasteiger partial charge is 0.394 e. The quantitative estimate of drug-likeness (QED) is 0.909. The monoisotopic (exact) mass is 288 g/mol. The molecule has 5 heteroatoms. The molecule has 0 aliphatic carbocycles. The zero-order chi connectivity index (χ0) is 15.5. The Morgan fingerprint density at radius 2 is 2.19 bits per heavy atom. The molecule has 1 fully saturated rings. The van der Waals surface area contributed by atoms with Gasteiger partial charge in [0.05, 0.1) is 24.4 Å². The van der Waals surface area contributed by atoms with E-state index in [9.17, 15) is 15.2 Å². The number of hydrogen-bond acceptors (Lipinski definition) is 4. The second kappa shape index (κ2) is 6.25. The summed E-state index contributed by atoms with van der Waals surface area (Å²) in [5, 5.41) is 18.7. The van der Waals surface area contributed by atoms with Gasteiger partial charge in [0.15, 0.2) is 0 Å². The zero-order valence-electron chi connectivity index (χ0n) is 12.3. The Balaban J connectivity index is 2.20. The first-order valence-electron chi connectivity index (χ1n) is 6.99. The molecule has 0 radical (unpaired) electrons. The molecule has 21 heavy (non-hydrogen) atoms. The first-order chi connectivity index (χ1) is 9.96. The summed E-state index contributed by atoms with van der Waals surface area (Å²) < 4.78 is 5.70. The fourth-order valence-electron chi connectivity index (χ4n) is 2.66. The second-order valence-electron chi connectivity index (χ2n) is 5.87. The van der Waals surface area contributed by atoms with Gasteiger partial charge in [0, 0.05) is 13.1 Å². The highest BCUT2D eigenvalue weighted by molar-refractivity contribution is 5.86. The lowest BCUT2D eigenvalue weighted by Crippen LogP contribution is -2.56. The molecule has 1 aliphatic rings. The van der Waals surface area contributed by atoms with E-state index in [1.54, 1.807) is 17.0 Å². The van der Waals surface area contributed by atoms with Gasteiger partial charge in [-0.2, -0.15) is 5.26 Å². The smallest absolute Gasteiger partial charge is 0.244 e. The topological polar surface area (TPSA) is 73.6 Å². The van der Waals surface area contributed by atoms with Crippen LogP contribution in [0.15, 0.2) is 30.3 Å². The van der Waals surface area contributed by atoms with Crippen LogP contribution >= 0.6 is 0 Å². The molecule has 2 atom stereocenters. The third-order valence-electron chi connectivity index (χ3n) is 3.51. The van der Waals surface area contributed by atoms with Crippen molar-refractivity contribution in [3.05, 3.63) is 35.9 Å². The first-order valence-corrected chi connectivity index (χ1v) is 6.99. The van der Waals surface area contributed by atoms with Crippen molar-refractivity contribution in [2.75, 3.05) is 19.7 Å². The van der Waals surface area contributed by atoms with E-state index in [0.717, 1.165) is 0 Å². The number of nitriles is 1. The molecule has 1 amide bonds. The summed E-state index contributed by atoms with van der Waals surface area (Å²) in [7, 11) is 0. The van der Waals surface area contributed by atoms with Crippen LogP contribution in [0.3, 0.4) is 0 Å². The molecule has 112 valence electrons. The predicted octanol–water partition coefficient (Wildman–Crippen LogP) is 1.29. The van der Waals surface area contributed by atoms with Crippen LogP contribution < -0.4 is 0 Å². The minimum atomic E-state index is -0.820. The number of hydrogen-bond donors (Lipinski definition) is 1. The summed E-state index contributed by atoms with van der Waals surface area (Å²) >= 11 is 0. The molecule has 5 nitrogen and oxygen atoms in total. The van der Waals surface area contributed by atoms with E-state index in [1.165, 1.54) is 0 Å². The van der Waals surface area contributed by atoms with Crippen LogP contribution in [0.5, 0.6) is 0 Å². The molecule has 2 unspecified atom stereocenters. The van der Waals surface area contributed by atoms with Crippen molar-refractivity contribution in [1.82, 2.24) is 4.90 Å². The van der Waals surface area contributed by atoms with Crippen LogP contribution in [0.4, 0.5) is 0 Å². The number of morpholine rings is 1. The molecule has 1 saturated heterocycles. The molecular formula is C16H20N2O3. The molecule has 1 aliphatic heterocycles. The molecule has 0 spiro atoms. The summed E-state index contributed by atoms with van der Waals surface area (Å²) in [4.78, 5) is 14.3. The molecule has 0 saturated carbocycles. The third kappa shape index (κ3) is 3.60. The van der Waals surface area contributed by atoms with E-state index in [2.05, 4.69) is 6.07 Å². The second-order valence-corrected chi connectivity index (χ2v) is 5.87. The Morgan fingerprint density at radius 1 is 1.52 bits per heavy atom. The SMILES string of the molecule is CC1(C)CN(C(=O)C(C#N)c2ccccc2)CC(CO)O1. The van der Waals surface area contributed by atoms with Gasteiger partial charge in [0.2, 0.25) is 5.91 Å². The van der Waals surface area contributed by atoms with Gasteiger partial charge in [0.1, 0.15) is 5.92 Å². The van der Waals surface area contributed by atoms with Crippen molar-refractivity contribution in [2.24, 2.45) is 0 Å². The van der Waals surface area contributed by atoms with Gasteiger partial charge < -0.3 is 14.7 Å². The number of nitrogens with zero attached hydrogens (tertiary/aromatic N) is 2. The van der Waals surface area contributed by atoms with Gasteiger partial charge in [-0.05, 0) is 19.4 Å². The number of aliphatic hydroxyl groups excluding tert-OH is 1. The molecule has 1 N–H and O–H groups in total. The molecular weight excluding hydrogens is 268 g/mol. The maximum atomic E-state index is 12.6. The summed E-state index contributed by atoms with van der Waals surface area (Å²) in [6, 6.07) is 11.1. The van der Waals surface area contributed by atoms with E-state index in [1.807, 2.05) is 32.0 Å². The standard InChI is InChI=1S/C16H20N2O3/c1-16(2)11-18(9-13(10-19)21-16)15(20)14(8-17)12-6-4-3-5-7-12/h3-7,13-14,19H,9-11H2,1-2H3. The van der Waals surface area contributed by atoms with Gasteiger partial charge >= 0.3 is 0 Å². The third-order valence-corrected chi connectivity index (χ3v) is 3.51. The lowest BCUT2D eigenvalue weighted by atomic mass is 9.97. The van der Waals surface area contributed by atoms with Crippen molar-refractivity contribution in [2.45, 2.75) is 31.5 Å². The van der Waals surface area contributed by atoms with E-state index in [4.69, 9.17) is 4.74 Å². The number of amides is 1. The van der Waals surface area contributed by atoms with E-state index < -0.39 is 17.6 Å². The highest BCUT2D eigenvalue weighted by Gasteiger charge is 2.37. The lowest BCUT2D eigenvalue weighted by molar-refractivity contribution is -0.167. The first kappa shape index (κ1) is 15.5. The number of aliphatic hydroxyl groups is 1. The number of ether oxygens (including phenoxy) is 1. The zero-order valence-corrected chi connectivity index (χ0v) is 12.3. The van der Waals surface area contributed by atoms with Crippen LogP contribution in [-0.4, -0.2) is 47.3 Å². The Kier molecular flexibility index (Phi) is 4.61. The average molecular weight is 288 g/mol. The van der Waals surface area contributed by atoms with Crippen molar-refractivity contribution in [3.8, 4) is 6.07 Å². The number of carbonyl (C=O) groups is 1. The minimum Gasteiger partial charge on any atom is -0.394 e. The average Bonchev–Trinajstić information content (AvgIpc) is 2.47. The Labute approximate surface area is 124 Å². The summed E-state index contributed by atoms with van der Waals surface area (Å²) in [6.45, 7) is 4.32. The predicted molar refractivity (Wildman–Crippen MR) is 77.4 cm³/mol. The maximum absolute atomic E-state index is 12.6. The molecule has 1 aromatic rings. The van der Waals surface area contributed by atoms with E-state index in [-0.39, 0.29) is 12.5 Å². The molecule has 0 bridgehead atoms. The van der Waals surface area contributed by atoms with Gasteiger partial charge in [-0.3, -0.25) is 4.79 Å². The van der Waals surface area contributed by atoms with Crippen LogP contribution in [0.25, 0.3) is 0 Å². The van der Waals surface area contributed by atoms with Crippen molar-refractivity contribution < 1.29 is 14.6 Å². The van der Waals surface area contributed by atoms with Crippen molar-refractivity contribution in [3.63, 3.8) is 0 Å². The Bertz CT molecular complexity index is 536. The number of benzene rings is 1. The highest BCUT2D eigenvalue weighted by Crippen LogP contribution is 2.25. The normalized spacial score (nSPS) is 22.4. The minimum absolute atomic E-state index is 0.143. The van der Waals surface area contributed by atoms with E-state index in [0.29, 0.717) is 18.7 Å². The number of rotatable bonds is 3. The fraction of sp³-hybridized carbons (Fsp3) is 0.500. The molecule has 1 heterocycles. The Morgan fingerprint density at radius 3 is 2.76 bits per heavy atom. The van der Waals surface area contributed by atoms with E-state index >= 15 is 0 Å². The highest BCUT2D eigenvalue weighted by atomic mass is 16.5. The van der Waals surface area contributed by atoms with Gasteiger partial charge in [0.25, 0.3) is 0 Å². The van der Waals surface area contributed by atoms with Crippen molar-refractivity contribution in [1.29, 1.82) is 5.26 Å². The van der Waals surface area contributed by atoms with Crippen LogP contribution in [0, 0.1) is 11.3 Å². The Hall–Kier alpha value is -1.90. The summed E-state index contributed by atoms with van der Waals surface area (Å²) in [6.07, 6.45) is -0.409. The van der Waals surface area contributed by atoms with Crippen molar-refractivity contribution >= 4 is 5.91 Å². The molecule has 1 aromatic carbocycles. The molecule has 0 aromatic heterocycles. The number of carbonyl (C=O) groups excluding carboxylic acids is 1. The fourth-order valence-corrected chi connectivity index (χ4v) is 2.66.